The van der Waals surface area contributed by atoms with Crippen LogP contribution in [-0.2, 0) is 0 Å². The molecular formula is C6H3BrClF2NO. The summed E-state index contributed by atoms with van der Waals surface area (Å²) in [5.41, 5.74) is 0. The quantitative estimate of drug-likeness (QED) is 0.761. The summed E-state index contributed by atoms with van der Waals surface area (Å²) < 4.78 is 27.8. The Balaban J connectivity index is 2.92. The molecule has 0 bridgehead atoms. The molecule has 1 heterocycles. The molecule has 1 aromatic rings. The fourth-order valence-electron chi connectivity index (χ4n) is 0.589. The summed E-state index contributed by atoms with van der Waals surface area (Å²) in [6.45, 7) is -2.88. The summed E-state index contributed by atoms with van der Waals surface area (Å²) >= 11 is 8.54. The largest absolute Gasteiger partial charge is 0.433 e. The van der Waals surface area contributed by atoms with Gasteiger partial charge in [0.1, 0.15) is 15.4 Å². The van der Waals surface area contributed by atoms with Crippen LogP contribution in [-0.4, -0.2) is 11.6 Å². The molecule has 0 aliphatic carbocycles. The zero-order valence-corrected chi connectivity index (χ0v) is 7.94. The van der Waals surface area contributed by atoms with Crippen LogP contribution in [0.2, 0.25) is 5.02 Å². The average Bonchev–Trinajstić information content (AvgIpc) is 1.98. The van der Waals surface area contributed by atoms with E-state index in [1.165, 1.54) is 12.3 Å². The van der Waals surface area contributed by atoms with Crippen LogP contribution in [0.3, 0.4) is 0 Å². The summed E-state index contributed by atoms with van der Waals surface area (Å²) in [7, 11) is 0. The highest BCUT2D eigenvalue weighted by Crippen LogP contribution is 2.30. The first-order valence-electron chi connectivity index (χ1n) is 2.86. The predicted octanol–water partition coefficient (Wildman–Crippen LogP) is 3.10. The average molecular weight is 258 g/mol. The van der Waals surface area contributed by atoms with Crippen LogP contribution in [0.5, 0.6) is 5.75 Å². The number of alkyl halides is 2. The molecule has 0 aliphatic heterocycles. The Morgan fingerprint density at radius 2 is 2.25 bits per heavy atom. The molecule has 1 aromatic heterocycles. The summed E-state index contributed by atoms with van der Waals surface area (Å²) in [5.74, 6) is -0.0893. The van der Waals surface area contributed by atoms with Crippen LogP contribution in [0.15, 0.2) is 16.9 Å². The minimum absolute atomic E-state index is 0.0396. The van der Waals surface area contributed by atoms with Crippen molar-refractivity contribution >= 4 is 27.5 Å². The van der Waals surface area contributed by atoms with Crippen LogP contribution in [0, 0.1) is 0 Å². The van der Waals surface area contributed by atoms with E-state index in [2.05, 4.69) is 25.7 Å². The lowest BCUT2D eigenvalue weighted by atomic mass is 10.4. The second kappa shape index (κ2) is 4.00. The van der Waals surface area contributed by atoms with Gasteiger partial charge in [-0.3, -0.25) is 0 Å². The second-order valence-corrected chi connectivity index (χ2v) is 2.92. The molecule has 0 radical (unpaired) electrons. The van der Waals surface area contributed by atoms with Crippen molar-refractivity contribution in [3.05, 3.63) is 21.9 Å². The van der Waals surface area contributed by atoms with Crippen LogP contribution in [0.25, 0.3) is 0 Å². The van der Waals surface area contributed by atoms with Gasteiger partial charge >= 0.3 is 6.61 Å². The molecule has 12 heavy (non-hydrogen) atoms. The van der Waals surface area contributed by atoms with Gasteiger partial charge in [0.2, 0.25) is 0 Å². The zero-order chi connectivity index (χ0) is 9.14. The van der Waals surface area contributed by atoms with Gasteiger partial charge in [0.25, 0.3) is 0 Å². The Labute approximate surface area is 80.6 Å². The fraction of sp³-hybridized carbons (Fsp3) is 0.167. The molecule has 66 valence electrons. The number of pyridine rings is 1. The van der Waals surface area contributed by atoms with Crippen molar-refractivity contribution in [1.82, 2.24) is 4.98 Å². The summed E-state index contributed by atoms with van der Waals surface area (Å²) in [4.78, 5) is 3.71. The summed E-state index contributed by atoms with van der Waals surface area (Å²) in [5, 5.41) is 0.0396. The number of hydrogen-bond acceptors (Lipinski definition) is 2. The Bertz CT molecular complexity index is 284. The molecular weight excluding hydrogens is 255 g/mol. The SMILES string of the molecule is FC(F)Oc1ccnc(Br)c1Cl. The minimum Gasteiger partial charge on any atom is -0.433 e. The normalized spacial score (nSPS) is 10.4. The molecule has 0 amide bonds. The number of hydrogen-bond donors (Lipinski definition) is 0. The molecule has 1 rings (SSSR count). The maximum Gasteiger partial charge on any atom is 0.387 e. The number of aromatic nitrogens is 1. The van der Waals surface area contributed by atoms with Gasteiger partial charge in [0.05, 0.1) is 0 Å². The van der Waals surface area contributed by atoms with E-state index in [1.54, 1.807) is 0 Å². The van der Waals surface area contributed by atoms with Crippen molar-refractivity contribution in [2.24, 2.45) is 0 Å². The number of ether oxygens (including phenoxy) is 1. The van der Waals surface area contributed by atoms with Crippen LogP contribution in [0.4, 0.5) is 8.78 Å². The highest BCUT2D eigenvalue weighted by Gasteiger charge is 2.10. The summed E-state index contributed by atoms with van der Waals surface area (Å²) in [6.07, 6.45) is 1.31. The lowest BCUT2D eigenvalue weighted by molar-refractivity contribution is -0.0498. The van der Waals surface area contributed by atoms with Crippen molar-refractivity contribution in [1.29, 1.82) is 0 Å². The number of rotatable bonds is 2. The van der Waals surface area contributed by atoms with E-state index in [-0.39, 0.29) is 15.4 Å². The zero-order valence-electron chi connectivity index (χ0n) is 5.60. The fourth-order valence-corrected chi connectivity index (χ4v) is 1.06. The van der Waals surface area contributed by atoms with Crippen LogP contribution < -0.4 is 4.74 Å². The standard InChI is InChI=1S/C6H3BrClF2NO/c7-5-4(8)3(1-2-11-5)12-6(9)10/h1-2,6H. The van der Waals surface area contributed by atoms with Crippen molar-refractivity contribution in [3.8, 4) is 5.75 Å². The lowest BCUT2D eigenvalue weighted by Crippen LogP contribution is -2.02. The number of halogens is 4. The first-order chi connectivity index (χ1) is 5.61. The Hall–Kier alpha value is -0.420. The van der Waals surface area contributed by atoms with Crippen molar-refractivity contribution in [2.75, 3.05) is 0 Å². The van der Waals surface area contributed by atoms with Gasteiger partial charge in [-0.25, -0.2) is 4.98 Å². The molecule has 0 spiro atoms. The third kappa shape index (κ3) is 2.28. The summed E-state index contributed by atoms with van der Waals surface area (Å²) in [6, 6.07) is 1.26. The minimum atomic E-state index is -2.88. The van der Waals surface area contributed by atoms with Gasteiger partial charge in [-0.2, -0.15) is 8.78 Å². The molecule has 0 saturated carbocycles. The van der Waals surface area contributed by atoms with Gasteiger partial charge in [0.15, 0.2) is 0 Å². The highest BCUT2D eigenvalue weighted by atomic mass is 79.9. The van der Waals surface area contributed by atoms with Gasteiger partial charge in [-0.15, -0.1) is 0 Å². The van der Waals surface area contributed by atoms with Crippen LogP contribution in [0.1, 0.15) is 0 Å². The Kier molecular flexibility index (Phi) is 3.22. The van der Waals surface area contributed by atoms with Gasteiger partial charge in [0, 0.05) is 12.3 Å². The van der Waals surface area contributed by atoms with E-state index in [9.17, 15) is 8.78 Å². The molecule has 0 saturated heterocycles. The third-order valence-electron chi connectivity index (χ3n) is 1.03. The van der Waals surface area contributed by atoms with E-state index in [1.807, 2.05) is 0 Å². The van der Waals surface area contributed by atoms with Gasteiger partial charge < -0.3 is 4.74 Å². The molecule has 0 aromatic carbocycles. The van der Waals surface area contributed by atoms with Gasteiger partial charge in [-0.1, -0.05) is 11.6 Å². The Morgan fingerprint density at radius 1 is 1.58 bits per heavy atom. The molecule has 0 atom stereocenters. The second-order valence-electron chi connectivity index (χ2n) is 1.79. The van der Waals surface area contributed by atoms with Crippen molar-refractivity contribution < 1.29 is 13.5 Å². The maximum absolute atomic E-state index is 11.7. The number of nitrogens with zero attached hydrogens (tertiary/aromatic N) is 1. The smallest absolute Gasteiger partial charge is 0.387 e. The molecule has 0 fully saturated rings. The first kappa shape index (κ1) is 9.67. The topological polar surface area (TPSA) is 22.1 Å². The third-order valence-corrected chi connectivity index (χ3v) is 2.22. The first-order valence-corrected chi connectivity index (χ1v) is 4.03. The lowest BCUT2D eigenvalue weighted by Gasteiger charge is -2.05. The van der Waals surface area contributed by atoms with E-state index in [0.717, 1.165) is 0 Å². The monoisotopic (exact) mass is 257 g/mol. The van der Waals surface area contributed by atoms with Gasteiger partial charge in [-0.05, 0) is 15.9 Å². The van der Waals surface area contributed by atoms with E-state index in [0.29, 0.717) is 0 Å². The maximum atomic E-state index is 11.7. The molecule has 0 unspecified atom stereocenters. The van der Waals surface area contributed by atoms with Crippen LogP contribution >= 0.6 is 27.5 Å². The molecule has 0 aliphatic rings. The highest BCUT2D eigenvalue weighted by molar-refractivity contribution is 9.10. The van der Waals surface area contributed by atoms with E-state index < -0.39 is 6.61 Å². The Morgan fingerprint density at radius 3 is 2.83 bits per heavy atom. The van der Waals surface area contributed by atoms with Crippen molar-refractivity contribution in [2.45, 2.75) is 6.61 Å². The molecule has 2 nitrogen and oxygen atoms in total. The molecule has 6 heteroatoms. The van der Waals surface area contributed by atoms with E-state index in [4.69, 9.17) is 11.6 Å². The predicted molar refractivity (Wildman–Crippen MR) is 43.6 cm³/mol. The van der Waals surface area contributed by atoms with E-state index >= 15 is 0 Å². The molecule has 0 N–H and O–H groups in total. The van der Waals surface area contributed by atoms with Crippen molar-refractivity contribution in [3.63, 3.8) is 0 Å².